The number of alkyl carbamates (subject to hydrolysis) is 1. The van der Waals surface area contributed by atoms with E-state index in [2.05, 4.69) is 41.7 Å². The van der Waals surface area contributed by atoms with Gasteiger partial charge in [-0.2, -0.15) is 14.6 Å². The van der Waals surface area contributed by atoms with Gasteiger partial charge in [-0.05, 0) is 93.8 Å². The first kappa shape index (κ1) is 37.7. The second-order valence-corrected chi connectivity index (χ2v) is 14.3. The van der Waals surface area contributed by atoms with E-state index in [9.17, 15) is 24.0 Å². The third-order valence-electron chi connectivity index (χ3n) is 9.15. The lowest BCUT2D eigenvalue weighted by atomic mass is 9.97. The van der Waals surface area contributed by atoms with Crippen molar-refractivity contribution >= 4 is 41.2 Å². The maximum atomic E-state index is 13.7. The van der Waals surface area contributed by atoms with E-state index in [4.69, 9.17) is 9.47 Å². The van der Waals surface area contributed by atoms with Crippen molar-refractivity contribution in [3.05, 3.63) is 81.9 Å². The lowest BCUT2D eigenvalue weighted by Gasteiger charge is -2.19. The highest BCUT2D eigenvalue weighted by atomic mass is 16.6. The number of amides is 5. The van der Waals surface area contributed by atoms with Crippen molar-refractivity contribution in [1.29, 1.82) is 0 Å². The molecular weight excluding hydrogens is 694 g/mol. The van der Waals surface area contributed by atoms with Gasteiger partial charge >= 0.3 is 6.09 Å². The van der Waals surface area contributed by atoms with Gasteiger partial charge in [0.15, 0.2) is 6.61 Å². The molecule has 6 rings (SSSR count). The Morgan fingerprint density at radius 3 is 2.52 bits per heavy atom. The minimum absolute atomic E-state index is 0.0104. The first-order chi connectivity index (χ1) is 25.9. The molecule has 5 amide bonds. The van der Waals surface area contributed by atoms with Crippen LogP contribution in [0.25, 0.3) is 5.78 Å². The van der Waals surface area contributed by atoms with Crippen LogP contribution in [0.3, 0.4) is 0 Å². The second-order valence-electron chi connectivity index (χ2n) is 14.3. The fraction of sp³-hybridized carbons (Fsp3) is 0.421. The summed E-state index contributed by atoms with van der Waals surface area (Å²) in [6.07, 6.45) is 5.65. The smallest absolute Gasteiger partial charge is 0.407 e. The van der Waals surface area contributed by atoms with E-state index in [-0.39, 0.29) is 48.2 Å². The van der Waals surface area contributed by atoms with Gasteiger partial charge in [0.1, 0.15) is 29.1 Å². The maximum Gasteiger partial charge on any atom is 0.407 e. The highest BCUT2D eigenvalue weighted by molar-refractivity contribution is 5.99. The molecule has 0 spiro atoms. The molecule has 0 unspecified atom stereocenters. The Kier molecular flexibility index (Phi) is 11.4. The van der Waals surface area contributed by atoms with Crippen molar-refractivity contribution in [3.63, 3.8) is 0 Å². The van der Waals surface area contributed by atoms with Crippen LogP contribution in [-0.4, -0.2) is 74.6 Å². The van der Waals surface area contributed by atoms with E-state index in [1.165, 1.54) is 16.9 Å². The number of fused-ring (bicyclic) bond motifs is 3. The summed E-state index contributed by atoms with van der Waals surface area (Å²) in [6.45, 7) is 8.57. The van der Waals surface area contributed by atoms with Gasteiger partial charge in [-0.25, -0.2) is 9.78 Å². The molecule has 1 atom stereocenters. The number of nitrogens with zero attached hydrogens (tertiary/aromatic N) is 4. The van der Waals surface area contributed by atoms with E-state index < -0.39 is 23.5 Å². The van der Waals surface area contributed by atoms with Gasteiger partial charge < -0.3 is 36.1 Å². The monoisotopic (exact) mass is 739 g/mol. The minimum atomic E-state index is -0.524. The average Bonchev–Trinajstić information content (AvgIpc) is 3.78. The molecule has 0 bridgehead atoms. The molecular formula is C38H45N9O7. The molecule has 1 aliphatic carbocycles. The van der Waals surface area contributed by atoms with E-state index >= 15 is 0 Å². The molecule has 2 aromatic carbocycles. The fourth-order valence-electron chi connectivity index (χ4n) is 6.52. The minimum Gasteiger partial charge on any atom is -0.482 e. The number of benzene rings is 2. The van der Waals surface area contributed by atoms with E-state index in [1.54, 1.807) is 24.3 Å². The van der Waals surface area contributed by atoms with Crippen molar-refractivity contribution in [2.75, 3.05) is 25.0 Å². The predicted octanol–water partition coefficient (Wildman–Crippen LogP) is 3.93. The number of anilines is 1. The summed E-state index contributed by atoms with van der Waals surface area (Å²) in [4.78, 5) is 71.9. The number of nitrogens with one attached hydrogen (secondary N) is 5. The summed E-state index contributed by atoms with van der Waals surface area (Å²) in [5.74, 6) is -0.731. The number of hydrogen-bond donors (Lipinski definition) is 5. The molecule has 2 aliphatic rings. The molecule has 0 saturated heterocycles. The van der Waals surface area contributed by atoms with E-state index in [0.717, 1.165) is 47.9 Å². The van der Waals surface area contributed by atoms with E-state index in [0.29, 0.717) is 42.9 Å². The Morgan fingerprint density at radius 1 is 0.963 bits per heavy atom. The molecule has 5 N–H and O–H groups in total. The van der Waals surface area contributed by atoms with Gasteiger partial charge in [0.25, 0.3) is 29.4 Å². The highest BCUT2D eigenvalue weighted by Gasteiger charge is 2.29. The number of carbonyl (C=O) groups is 5. The maximum absolute atomic E-state index is 13.7. The zero-order chi connectivity index (χ0) is 38.4. The molecule has 1 aliphatic heterocycles. The Morgan fingerprint density at radius 2 is 1.74 bits per heavy atom. The Hall–Kier alpha value is -6.06. The molecule has 16 heteroatoms. The number of rotatable bonds is 13. The molecule has 0 saturated carbocycles. The first-order valence-electron chi connectivity index (χ1n) is 18.1. The van der Waals surface area contributed by atoms with Gasteiger partial charge in [0.05, 0.1) is 11.7 Å². The van der Waals surface area contributed by atoms with E-state index in [1.807, 2.05) is 33.8 Å². The van der Waals surface area contributed by atoms with Gasteiger partial charge in [-0.15, -0.1) is 0 Å². The number of hydrogen-bond acceptors (Lipinski definition) is 10. The van der Waals surface area contributed by atoms with Crippen molar-refractivity contribution < 1.29 is 33.4 Å². The quantitative estimate of drug-likeness (QED) is 0.125. The molecule has 54 heavy (non-hydrogen) atoms. The standard InChI is InChI=1S/C38H45N9O7/c1-22-24-12-13-27(26(24)11-10-25(22)33(49)39-15-7-5-6-8-16-40-37(52)54-38(2,3)4)45-35(51)30-18-29(46-36-42-21-43-47(30)36)34(50)41-19-23-9-14-31-28(17-23)44-32(48)20-53-31/h9-11,14,17-18,21,27H,5-8,12-13,15-16,19-20H2,1-4H3,(H,39,49)(H,40,52)(H,41,50)(H,44,48)(H,45,51)/t27-/m0/s1. The summed E-state index contributed by atoms with van der Waals surface area (Å²) in [6, 6.07) is 9.97. The largest absolute Gasteiger partial charge is 0.482 e. The first-order valence-corrected chi connectivity index (χ1v) is 18.1. The summed E-state index contributed by atoms with van der Waals surface area (Å²) in [5.41, 5.74) is 4.25. The summed E-state index contributed by atoms with van der Waals surface area (Å²) >= 11 is 0. The van der Waals surface area contributed by atoms with Crippen LogP contribution in [0.15, 0.2) is 42.7 Å². The van der Waals surface area contributed by atoms with Crippen LogP contribution in [0.2, 0.25) is 0 Å². The normalized spacial score (nSPS) is 14.7. The second kappa shape index (κ2) is 16.3. The van der Waals surface area contributed by atoms with Gasteiger partial charge in [-0.3, -0.25) is 19.2 Å². The molecule has 4 aromatic rings. The Bertz CT molecular complexity index is 2090. The number of aromatic nitrogens is 4. The lowest BCUT2D eigenvalue weighted by molar-refractivity contribution is -0.118. The zero-order valence-corrected chi connectivity index (χ0v) is 30.8. The van der Waals surface area contributed by atoms with Crippen molar-refractivity contribution in [3.8, 4) is 5.75 Å². The van der Waals surface area contributed by atoms with Gasteiger partial charge in [0.2, 0.25) is 0 Å². The number of carbonyl (C=O) groups excluding carboxylic acids is 5. The van der Waals surface area contributed by atoms with Gasteiger partial charge in [0, 0.05) is 31.3 Å². The number of unbranched alkanes of at least 4 members (excludes halogenated alkanes) is 3. The van der Waals surface area contributed by atoms with Crippen LogP contribution in [0, 0.1) is 6.92 Å². The van der Waals surface area contributed by atoms with Crippen LogP contribution < -0.4 is 31.3 Å². The third-order valence-corrected chi connectivity index (χ3v) is 9.15. The van der Waals surface area contributed by atoms with Crippen molar-refractivity contribution in [2.45, 2.75) is 84.4 Å². The van der Waals surface area contributed by atoms with Crippen LogP contribution in [-0.2, 0) is 22.5 Å². The molecule has 2 aromatic heterocycles. The Labute approximate surface area is 312 Å². The van der Waals surface area contributed by atoms with Crippen molar-refractivity contribution in [1.82, 2.24) is 40.8 Å². The Balaban J connectivity index is 1.02. The SMILES string of the molecule is Cc1c(C(=O)NCCCCCCNC(=O)OC(C)(C)C)ccc2c1CC[C@@H]2NC(=O)c1cc(C(=O)NCc2ccc3c(c2)NC(=O)CO3)nc2ncnn12. The molecule has 0 fully saturated rings. The summed E-state index contributed by atoms with van der Waals surface area (Å²) in [7, 11) is 0. The highest BCUT2D eigenvalue weighted by Crippen LogP contribution is 2.35. The molecule has 3 heterocycles. The van der Waals surface area contributed by atoms with Gasteiger partial charge in [-0.1, -0.05) is 25.0 Å². The predicted molar refractivity (Wildman–Crippen MR) is 197 cm³/mol. The van der Waals surface area contributed by atoms with Crippen molar-refractivity contribution in [2.24, 2.45) is 0 Å². The summed E-state index contributed by atoms with van der Waals surface area (Å²) in [5, 5.41) is 18.6. The number of ether oxygens (including phenoxy) is 2. The van der Waals surface area contributed by atoms with Crippen LogP contribution in [0.5, 0.6) is 5.75 Å². The average molecular weight is 740 g/mol. The summed E-state index contributed by atoms with van der Waals surface area (Å²) < 4.78 is 11.9. The molecule has 16 nitrogen and oxygen atoms in total. The van der Waals surface area contributed by atoms with Crippen LogP contribution >= 0.6 is 0 Å². The third kappa shape index (κ3) is 9.11. The lowest BCUT2D eigenvalue weighted by Crippen LogP contribution is -2.33. The molecule has 0 radical (unpaired) electrons. The van der Waals surface area contributed by atoms with Crippen LogP contribution in [0.4, 0.5) is 10.5 Å². The topological polar surface area (TPSA) is 207 Å². The van der Waals surface area contributed by atoms with Crippen LogP contribution in [0.1, 0.15) is 113 Å². The molecule has 284 valence electrons. The zero-order valence-electron chi connectivity index (χ0n) is 30.8. The fourth-order valence-corrected chi connectivity index (χ4v) is 6.52.